The summed E-state index contributed by atoms with van der Waals surface area (Å²) in [5.41, 5.74) is 1.08. The first-order valence-corrected chi connectivity index (χ1v) is 6.63. The highest BCUT2D eigenvalue weighted by molar-refractivity contribution is 5.24. The molecule has 1 aromatic heterocycles. The zero-order valence-electron chi connectivity index (χ0n) is 11.9. The molecule has 1 N–H and O–H groups in total. The molecule has 0 amide bonds. The molecule has 1 aromatic rings. The summed E-state index contributed by atoms with van der Waals surface area (Å²) in [5, 5.41) is 3.38. The highest BCUT2D eigenvalue weighted by atomic mass is 16.5. The second-order valence-electron chi connectivity index (χ2n) is 4.16. The highest BCUT2D eigenvalue weighted by Crippen LogP contribution is 2.12. The summed E-state index contributed by atoms with van der Waals surface area (Å²) >= 11 is 0. The van der Waals surface area contributed by atoms with Crippen molar-refractivity contribution < 1.29 is 14.2 Å². The van der Waals surface area contributed by atoms with Crippen LogP contribution in [0.15, 0.2) is 18.3 Å². The van der Waals surface area contributed by atoms with Crippen LogP contribution in [0.25, 0.3) is 0 Å². The molecular formula is C14H24N2O3. The number of aromatic nitrogens is 1. The van der Waals surface area contributed by atoms with Gasteiger partial charge in [-0.1, -0.05) is 6.07 Å². The van der Waals surface area contributed by atoms with Gasteiger partial charge in [-0.15, -0.1) is 0 Å². The lowest BCUT2D eigenvalue weighted by molar-refractivity contribution is 0.0688. The average Bonchev–Trinajstić information content (AvgIpc) is 2.46. The molecule has 0 unspecified atom stereocenters. The van der Waals surface area contributed by atoms with Gasteiger partial charge in [-0.05, 0) is 25.5 Å². The lowest BCUT2D eigenvalue weighted by Crippen LogP contribution is -2.16. The van der Waals surface area contributed by atoms with E-state index in [0.29, 0.717) is 19.1 Å². The number of nitrogens with zero attached hydrogens (tertiary/aromatic N) is 1. The molecule has 0 saturated heterocycles. The fraction of sp³-hybridized carbons (Fsp3) is 0.643. The number of nitrogens with one attached hydrogen (secondary N) is 1. The van der Waals surface area contributed by atoms with Gasteiger partial charge in [0.2, 0.25) is 5.88 Å². The van der Waals surface area contributed by atoms with E-state index in [1.165, 1.54) is 0 Å². The Bertz CT molecular complexity index is 334. The predicted molar refractivity (Wildman–Crippen MR) is 74.4 cm³/mol. The van der Waals surface area contributed by atoms with Crippen LogP contribution in [0.4, 0.5) is 0 Å². The van der Waals surface area contributed by atoms with Crippen LogP contribution in [-0.4, -0.2) is 45.6 Å². The van der Waals surface area contributed by atoms with E-state index in [2.05, 4.69) is 10.3 Å². The van der Waals surface area contributed by atoms with E-state index < -0.39 is 0 Å². The predicted octanol–water partition coefficient (Wildman–Crippen LogP) is 1.62. The molecule has 5 nitrogen and oxygen atoms in total. The van der Waals surface area contributed by atoms with Crippen LogP contribution in [0.3, 0.4) is 0 Å². The second-order valence-corrected chi connectivity index (χ2v) is 4.16. The van der Waals surface area contributed by atoms with Crippen molar-refractivity contribution >= 4 is 0 Å². The Hall–Kier alpha value is -1.17. The Morgan fingerprint density at radius 3 is 2.84 bits per heavy atom. The third-order valence-electron chi connectivity index (χ3n) is 2.68. The first-order chi connectivity index (χ1) is 9.38. The van der Waals surface area contributed by atoms with E-state index >= 15 is 0 Å². The number of hydrogen-bond donors (Lipinski definition) is 1. The van der Waals surface area contributed by atoms with Gasteiger partial charge < -0.3 is 19.5 Å². The summed E-state index contributed by atoms with van der Waals surface area (Å²) in [6.07, 6.45) is 3.89. The zero-order chi connectivity index (χ0) is 13.8. The summed E-state index contributed by atoms with van der Waals surface area (Å²) in [7, 11) is 3.32. The Morgan fingerprint density at radius 2 is 2.05 bits per heavy atom. The van der Waals surface area contributed by atoms with Crippen molar-refractivity contribution in [2.75, 3.05) is 40.6 Å². The van der Waals surface area contributed by atoms with Crippen molar-refractivity contribution in [1.29, 1.82) is 0 Å². The average molecular weight is 268 g/mol. The van der Waals surface area contributed by atoms with Crippen LogP contribution in [0, 0.1) is 0 Å². The van der Waals surface area contributed by atoms with Crippen molar-refractivity contribution in [2.24, 2.45) is 0 Å². The minimum atomic E-state index is 0.666. The SMILES string of the molecule is COCCOCCCCNCc1cccnc1OC. The number of unbranched alkanes of at least 4 members (excludes halogenated alkanes) is 1. The molecule has 0 aliphatic rings. The van der Waals surface area contributed by atoms with Crippen molar-refractivity contribution in [3.05, 3.63) is 23.9 Å². The van der Waals surface area contributed by atoms with E-state index in [9.17, 15) is 0 Å². The number of ether oxygens (including phenoxy) is 3. The van der Waals surface area contributed by atoms with Gasteiger partial charge in [-0.2, -0.15) is 0 Å². The maximum atomic E-state index is 5.39. The maximum Gasteiger partial charge on any atom is 0.217 e. The molecule has 0 radical (unpaired) electrons. The third-order valence-corrected chi connectivity index (χ3v) is 2.68. The van der Waals surface area contributed by atoms with Crippen LogP contribution in [-0.2, 0) is 16.0 Å². The summed E-state index contributed by atoms with van der Waals surface area (Å²) in [4.78, 5) is 4.16. The minimum Gasteiger partial charge on any atom is -0.481 e. The molecule has 108 valence electrons. The molecule has 5 heteroatoms. The topological polar surface area (TPSA) is 52.6 Å². The Kier molecular flexibility index (Phi) is 8.97. The lowest BCUT2D eigenvalue weighted by Gasteiger charge is -2.08. The zero-order valence-corrected chi connectivity index (χ0v) is 11.9. The molecule has 19 heavy (non-hydrogen) atoms. The molecule has 0 aliphatic carbocycles. The number of hydrogen-bond acceptors (Lipinski definition) is 5. The lowest BCUT2D eigenvalue weighted by atomic mass is 10.2. The molecular weight excluding hydrogens is 244 g/mol. The van der Waals surface area contributed by atoms with Crippen molar-refractivity contribution in [1.82, 2.24) is 10.3 Å². The fourth-order valence-corrected chi connectivity index (χ4v) is 1.66. The number of methoxy groups -OCH3 is 2. The number of rotatable bonds is 11. The summed E-state index contributed by atoms with van der Waals surface area (Å²) in [6, 6.07) is 3.94. The summed E-state index contributed by atoms with van der Waals surface area (Å²) in [6.45, 7) is 3.88. The normalized spacial score (nSPS) is 10.6. The van der Waals surface area contributed by atoms with Gasteiger partial charge in [-0.3, -0.25) is 0 Å². The van der Waals surface area contributed by atoms with Gasteiger partial charge in [0, 0.05) is 32.0 Å². The summed E-state index contributed by atoms with van der Waals surface area (Å²) < 4.78 is 15.5. The van der Waals surface area contributed by atoms with E-state index in [1.54, 1.807) is 20.4 Å². The second kappa shape index (κ2) is 10.7. The molecule has 0 aliphatic heterocycles. The van der Waals surface area contributed by atoms with Gasteiger partial charge in [0.1, 0.15) is 0 Å². The van der Waals surface area contributed by atoms with E-state index in [-0.39, 0.29) is 0 Å². The molecule has 0 spiro atoms. The highest BCUT2D eigenvalue weighted by Gasteiger charge is 2.01. The molecule has 0 fully saturated rings. The molecule has 0 atom stereocenters. The van der Waals surface area contributed by atoms with Gasteiger partial charge in [0.25, 0.3) is 0 Å². The van der Waals surface area contributed by atoms with Crippen LogP contribution in [0.1, 0.15) is 18.4 Å². The van der Waals surface area contributed by atoms with E-state index in [4.69, 9.17) is 14.2 Å². The van der Waals surface area contributed by atoms with E-state index in [0.717, 1.165) is 38.1 Å². The largest absolute Gasteiger partial charge is 0.481 e. The van der Waals surface area contributed by atoms with Gasteiger partial charge in [0.05, 0.1) is 20.3 Å². The Labute approximate surface area is 115 Å². The summed E-state index contributed by atoms with van der Waals surface area (Å²) in [5.74, 6) is 0.692. The molecule has 0 bridgehead atoms. The molecule has 1 heterocycles. The van der Waals surface area contributed by atoms with E-state index in [1.807, 2.05) is 12.1 Å². The van der Waals surface area contributed by atoms with Crippen molar-refractivity contribution in [3.8, 4) is 5.88 Å². The van der Waals surface area contributed by atoms with Gasteiger partial charge >= 0.3 is 0 Å². The van der Waals surface area contributed by atoms with Gasteiger partial charge in [0.15, 0.2) is 0 Å². The molecule has 1 rings (SSSR count). The monoisotopic (exact) mass is 268 g/mol. The molecule has 0 saturated carbocycles. The van der Waals surface area contributed by atoms with Crippen molar-refractivity contribution in [3.63, 3.8) is 0 Å². The first-order valence-electron chi connectivity index (χ1n) is 6.63. The van der Waals surface area contributed by atoms with Crippen molar-refractivity contribution in [2.45, 2.75) is 19.4 Å². The fourth-order valence-electron chi connectivity index (χ4n) is 1.66. The van der Waals surface area contributed by atoms with Crippen LogP contribution < -0.4 is 10.1 Å². The first kappa shape index (κ1) is 15.9. The minimum absolute atomic E-state index is 0.666. The standard InChI is InChI=1S/C14H24N2O3/c1-17-10-11-19-9-4-3-7-15-12-13-6-5-8-16-14(13)18-2/h5-6,8,15H,3-4,7,9-12H2,1-2H3. The smallest absolute Gasteiger partial charge is 0.217 e. The molecule has 0 aromatic carbocycles. The quantitative estimate of drug-likeness (QED) is 0.618. The van der Waals surface area contributed by atoms with Crippen LogP contribution in [0.2, 0.25) is 0 Å². The number of pyridine rings is 1. The Morgan fingerprint density at radius 1 is 1.16 bits per heavy atom. The van der Waals surface area contributed by atoms with Crippen LogP contribution >= 0.6 is 0 Å². The third kappa shape index (κ3) is 7.10. The Balaban J connectivity index is 2.01. The van der Waals surface area contributed by atoms with Crippen LogP contribution in [0.5, 0.6) is 5.88 Å². The van der Waals surface area contributed by atoms with Gasteiger partial charge in [-0.25, -0.2) is 4.98 Å². The maximum absolute atomic E-state index is 5.39.